The Balaban J connectivity index is 2.65. The molecular weight excluding hydrogens is 178 g/mol. The molecule has 2 rings (SSSR count). The number of hydrogen-bond acceptors (Lipinski definition) is 3. The SMILES string of the molecule is CS1(=O)=NC(=O)c2ccoc2C1. The van der Waals surface area contributed by atoms with E-state index in [-0.39, 0.29) is 5.75 Å². The fraction of sp³-hybridized carbons (Fsp3) is 0.286. The Kier molecular flexibility index (Phi) is 1.38. The number of nitrogens with zero attached hydrogens (tertiary/aromatic N) is 1. The number of amides is 1. The normalized spacial score (nSPS) is 27.9. The van der Waals surface area contributed by atoms with E-state index < -0.39 is 15.6 Å². The van der Waals surface area contributed by atoms with Crippen LogP contribution in [0.15, 0.2) is 21.1 Å². The van der Waals surface area contributed by atoms with E-state index in [1.807, 2.05) is 0 Å². The predicted molar refractivity (Wildman–Crippen MR) is 43.2 cm³/mol. The van der Waals surface area contributed by atoms with Gasteiger partial charge in [-0.1, -0.05) is 0 Å². The molecule has 0 saturated carbocycles. The van der Waals surface area contributed by atoms with Crippen molar-refractivity contribution in [3.05, 3.63) is 23.7 Å². The molecule has 0 saturated heterocycles. The standard InChI is InChI=1S/C7H7NO3S/c1-12(10)4-6-5(2-3-11-6)7(9)8-12/h2-3H,4H2,1H3. The van der Waals surface area contributed by atoms with Crippen molar-refractivity contribution in [2.75, 3.05) is 6.26 Å². The summed E-state index contributed by atoms with van der Waals surface area (Å²) in [5, 5.41) is 0. The summed E-state index contributed by atoms with van der Waals surface area (Å²) in [7, 11) is -2.38. The monoisotopic (exact) mass is 185 g/mol. The molecular formula is C7H7NO3S. The van der Waals surface area contributed by atoms with E-state index in [4.69, 9.17) is 4.42 Å². The van der Waals surface area contributed by atoms with Crippen LogP contribution >= 0.6 is 0 Å². The molecule has 0 aliphatic carbocycles. The minimum atomic E-state index is -2.38. The summed E-state index contributed by atoms with van der Waals surface area (Å²) in [6.45, 7) is 0. The summed E-state index contributed by atoms with van der Waals surface area (Å²) in [6, 6.07) is 1.55. The Morgan fingerprint density at radius 3 is 3.17 bits per heavy atom. The predicted octanol–water partition coefficient (Wildman–Crippen LogP) is 1.03. The van der Waals surface area contributed by atoms with E-state index in [9.17, 15) is 9.00 Å². The molecule has 0 fully saturated rings. The first-order valence-electron chi connectivity index (χ1n) is 3.39. The van der Waals surface area contributed by atoms with Gasteiger partial charge in [-0.15, -0.1) is 0 Å². The van der Waals surface area contributed by atoms with Gasteiger partial charge in [0.1, 0.15) is 5.76 Å². The van der Waals surface area contributed by atoms with Crippen molar-refractivity contribution >= 4 is 15.6 Å². The van der Waals surface area contributed by atoms with E-state index in [2.05, 4.69) is 4.36 Å². The Bertz CT molecular complexity index is 451. The first-order valence-corrected chi connectivity index (χ1v) is 5.48. The number of hydrogen-bond donors (Lipinski definition) is 0. The highest BCUT2D eigenvalue weighted by Gasteiger charge is 2.23. The molecule has 1 aromatic heterocycles. The van der Waals surface area contributed by atoms with Crippen LogP contribution in [0.3, 0.4) is 0 Å². The van der Waals surface area contributed by atoms with Crippen LogP contribution in [0.25, 0.3) is 0 Å². The minimum Gasteiger partial charge on any atom is -0.467 e. The molecule has 2 heterocycles. The third-order valence-electron chi connectivity index (χ3n) is 1.65. The highest BCUT2D eigenvalue weighted by atomic mass is 32.2. The minimum absolute atomic E-state index is 0.237. The number of rotatable bonds is 0. The third-order valence-corrected chi connectivity index (χ3v) is 3.00. The lowest BCUT2D eigenvalue weighted by Crippen LogP contribution is -2.13. The molecule has 0 bridgehead atoms. The van der Waals surface area contributed by atoms with Gasteiger partial charge in [-0.3, -0.25) is 4.79 Å². The largest absolute Gasteiger partial charge is 0.467 e. The maximum atomic E-state index is 11.4. The van der Waals surface area contributed by atoms with Gasteiger partial charge in [0.25, 0.3) is 5.91 Å². The van der Waals surface area contributed by atoms with E-state index in [0.717, 1.165) is 0 Å². The van der Waals surface area contributed by atoms with Crippen LogP contribution in [-0.2, 0) is 15.5 Å². The molecule has 1 aromatic rings. The molecule has 0 N–H and O–H groups in total. The molecule has 1 aliphatic rings. The molecule has 4 nitrogen and oxygen atoms in total. The van der Waals surface area contributed by atoms with E-state index >= 15 is 0 Å². The lowest BCUT2D eigenvalue weighted by Gasteiger charge is -2.07. The first-order chi connectivity index (χ1) is 5.58. The van der Waals surface area contributed by atoms with Crippen molar-refractivity contribution in [3.63, 3.8) is 0 Å². The van der Waals surface area contributed by atoms with Crippen LogP contribution < -0.4 is 0 Å². The summed E-state index contributed by atoms with van der Waals surface area (Å²) < 4.78 is 20.0. The van der Waals surface area contributed by atoms with Gasteiger partial charge in [-0.25, -0.2) is 4.21 Å². The third kappa shape index (κ3) is 1.06. The van der Waals surface area contributed by atoms with Gasteiger partial charge in [0.15, 0.2) is 0 Å². The fourth-order valence-corrected chi connectivity index (χ4v) is 2.37. The van der Waals surface area contributed by atoms with Gasteiger partial charge < -0.3 is 4.42 Å². The summed E-state index contributed by atoms with van der Waals surface area (Å²) in [6.07, 6.45) is 2.87. The summed E-state index contributed by atoms with van der Waals surface area (Å²) in [4.78, 5) is 11.2. The summed E-state index contributed by atoms with van der Waals surface area (Å²) in [5.41, 5.74) is 0.441. The van der Waals surface area contributed by atoms with Crippen molar-refractivity contribution in [2.24, 2.45) is 4.36 Å². The van der Waals surface area contributed by atoms with Gasteiger partial charge in [-0.2, -0.15) is 4.36 Å². The molecule has 1 atom stereocenters. The second-order valence-corrected chi connectivity index (χ2v) is 5.15. The Hall–Kier alpha value is -1.10. The number of carbonyl (C=O) groups is 1. The topological polar surface area (TPSA) is 59.6 Å². The molecule has 0 spiro atoms. The molecule has 64 valence electrons. The molecule has 12 heavy (non-hydrogen) atoms. The highest BCUT2D eigenvalue weighted by Crippen LogP contribution is 2.20. The number of fused-ring (bicyclic) bond motifs is 1. The van der Waals surface area contributed by atoms with Crippen molar-refractivity contribution in [3.8, 4) is 0 Å². The van der Waals surface area contributed by atoms with Crippen LogP contribution in [-0.4, -0.2) is 16.4 Å². The molecule has 0 radical (unpaired) electrons. The molecule has 1 amide bonds. The van der Waals surface area contributed by atoms with Crippen LogP contribution in [0.4, 0.5) is 0 Å². The fourth-order valence-electron chi connectivity index (χ4n) is 1.14. The molecule has 1 aliphatic heterocycles. The zero-order chi connectivity index (χ0) is 8.77. The maximum Gasteiger partial charge on any atom is 0.288 e. The molecule has 1 unspecified atom stereocenters. The quantitative estimate of drug-likeness (QED) is 0.606. The van der Waals surface area contributed by atoms with Crippen LogP contribution in [0, 0.1) is 0 Å². The van der Waals surface area contributed by atoms with Gasteiger partial charge in [0.05, 0.1) is 27.3 Å². The zero-order valence-electron chi connectivity index (χ0n) is 6.44. The van der Waals surface area contributed by atoms with Crippen LogP contribution in [0.2, 0.25) is 0 Å². The highest BCUT2D eigenvalue weighted by molar-refractivity contribution is 7.92. The van der Waals surface area contributed by atoms with Gasteiger partial charge in [0.2, 0.25) is 0 Å². The summed E-state index contributed by atoms with van der Waals surface area (Å²) in [5.74, 6) is 0.293. The number of furan rings is 1. The van der Waals surface area contributed by atoms with Crippen molar-refractivity contribution < 1.29 is 13.4 Å². The lowest BCUT2D eigenvalue weighted by molar-refractivity contribution is 0.100. The molecule has 5 heteroatoms. The van der Waals surface area contributed by atoms with Crippen molar-refractivity contribution in [1.29, 1.82) is 0 Å². The Labute approximate surface area is 69.8 Å². The van der Waals surface area contributed by atoms with Crippen LogP contribution in [0.5, 0.6) is 0 Å². The second-order valence-electron chi connectivity index (χ2n) is 2.76. The Morgan fingerprint density at radius 1 is 1.67 bits per heavy atom. The van der Waals surface area contributed by atoms with Crippen molar-refractivity contribution in [2.45, 2.75) is 5.75 Å². The van der Waals surface area contributed by atoms with E-state index in [1.54, 1.807) is 6.07 Å². The van der Waals surface area contributed by atoms with Crippen molar-refractivity contribution in [1.82, 2.24) is 0 Å². The lowest BCUT2D eigenvalue weighted by atomic mass is 10.2. The average molecular weight is 185 g/mol. The number of carbonyl (C=O) groups excluding carboxylic acids is 1. The van der Waals surface area contributed by atoms with E-state index in [1.165, 1.54) is 12.5 Å². The summed E-state index contributed by atoms with van der Waals surface area (Å²) >= 11 is 0. The van der Waals surface area contributed by atoms with Gasteiger partial charge >= 0.3 is 0 Å². The Morgan fingerprint density at radius 2 is 2.42 bits per heavy atom. The van der Waals surface area contributed by atoms with E-state index in [0.29, 0.717) is 11.3 Å². The molecule has 0 aromatic carbocycles. The maximum absolute atomic E-state index is 11.4. The second kappa shape index (κ2) is 2.20. The van der Waals surface area contributed by atoms with Crippen LogP contribution in [0.1, 0.15) is 16.1 Å². The average Bonchev–Trinajstić information content (AvgIpc) is 2.31. The first kappa shape index (κ1) is 7.54. The van der Waals surface area contributed by atoms with Gasteiger partial charge in [0, 0.05) is 6.26 Å². The van der Waals surface area contributed by atoms with Gasteiger partial charge in [-0.05, 0) is 6.07 Å². The smallest absolute Gasteiger partial charge is 0.288 e. The zero-order valence-corrected chi connectivity index (χ0v) is 7.26.